The van der Waals surface area contributed by atoms with Crippen molar-refractivity contribution in [3.8, 4) is 0 Å². The number of nitrogens with two attached hydrogens (primary N) is 1. The molecule has 1 unspecified atom stereocenters. The lowest BCUT2D eigenvalue weighted by Gasteiger charge is -2.33. The van der Waals surface area contributed by atoms with Crippen LogP contribution in [-0.2, 0) is 0 Å². The number of ketones is 2. The van der Waals surface area contributed by atoms with Gasteiger partial charge in [0.2, 0.25) is 0 Å². The van der Waals surface area contributed by atoms with Gasteiger partial charge >= 0.3 is 5.97 Å². The molecule has 1 atom stereocenters. The third-order valence-corrected chi connectivity index (χ3v) is 5.80. The standard InChI is InChI=1S/C25H24N2O4/c1-2-3-6-15-11-13-25(26,14-12-15)27-21-19(24(30)31)10-9-18-20(21)23(29)17-8-5-4-7-16(17)22(18)28/h4-5,7-13,27H,2-3,6,14,26H2,1H3,(H,30,31). The van der Waals surface area contributed by atoms with E-state index in [1.165, 1.54) is 17.7 Å². The molecule has 0 saturated heterocycles. The Morgan fingerprint density at radius 2 is 1.81 bits per heavy atom. The van der Waals surface area contributed by atoms with Crippen molar-refractivity contribution in [2.75, 3.05) is 5.32 Å². The van der Waals surface area contributed by atoms with Gasteiger partial charge in [-0.25, -0.2) is 4.79 Å². The Kier molecular flexibility index (Phi) is 5.33. The van der Waals surface area contributed by atoms with Crippen LogP contribution in [-0.4, -0.2) is 28.3 Å². The molecule has 2 aliphatic rings. The normalized spacial score (nSPS) is 19.5. The second-order valence-corrected chi connectivity index (χ2v) is 8.01. The molecule has 6 heteroatoms. The maximum absolute atomic E-state index is 13.3. The topological polar surface area (TPSA) is 109 Å². The van der Waals surface area contributed by atoms with Gasteiger partial charge in [-0.3, -0.25) is 9.59 Å². The fourth-order valence-electron chi connectivity index (χ4n) is 4.08. The molecule has 0 fully saturated rings. The lowest BCUT2D eigenvalue weighted by atomic mass is 9.81. The highest BCUT2D eigenvalue weighted by atomic mass is 16.4. The van der Waals surface area contributed by atoms with E-state index in [-0.39, 0.29) is 33.7 Å². The largest absolute Gasteiger partial charge is 0.478 e. The van der Waals surface area contributed by atoms with Gasteiger partial charge in [0.05, 0.1) is 16.8 Å². The molecule has 4 N–H and O–H groups in total. The molecule has 0 bridgehead atoms. The number of hydrogen-bond donors (Lipinski definition) is 3. The fraction of sp³-hybridized carbons (Fsp3) is 0.240. The summed E-state index contributed by atoms with van der Waals surface area (Å²) < 4.78 is 0. The van der Waals surface area contributed by atoms with E-state index in [0.29, 0.717) is 12.0 Å². The van der Waals surface area contributed by atoms with Gasteiger partial charge < -0.3 is 16.2 Å². The van der Waals surface area contributed by atoms with E-state index in [2.05, 4.69) is 12.2 Å². The number of unbranched alkanes of at least 4 members (excludes halogenated alkanes) is 1. The summed E-state index contributed by atoms with van der Waals surface area (Å²) >= 11 is 0. The van der Waals surface area contributed by atoms with E-state index in [0.717, 1.165) is 19.3 Å². The van der Waals surface area contributed by atoms with E-state index >= 15 is 0 Å². The Labute approximate surface area is 180 Å². The first-order chi connectivity index (χ1) is 14.8. The highest BCUT2D eigenvalue weighted by molar-refractivity contribution is 6.31. The summed E-state index contributed by atoms with van der Waals surface area (Å²) in [7, 11) is 0. The molecule has 2 aromatic carbocycles. The van der Waals surface area contributed by atoms with Crippen molar-refractivity contribution in [1.82, 2.24) is 0 Å². The zero-order chi connectivity index (χ0) is 22.2. The van der Waals surface area contributed by atoms with Crippen LogP contribution >= 0.6 is 0 Å². The molecule has 158 valence electrons. The van der Waals surface area contributed by atoms with E-state index in [4.69, 9.17) is 5.73 Å². The molecule has 0 amide bonds. The molecule has 0 spiro atoms. The average molecular weight is 416 g/mol. The molecule has 0 aliphatic heterocycles. The SMILES string of the molecule is CCCCC1=CCC(N)(Nc2c(C(=O)O)ccc3c2C(=O)c2ccccc2C3=O)C=C1. The predicted octanol–water partition coefficient (Wildman–Crippen LogP) is 4.30. The monoisotopic (exact) mass is 416 g/mol. The van der Waals surface area contributed by atoms with E-state index in [9.17, 15) is 19.5 Å². The molecule has 0 saturated carbocycles. The Balaban J connectivity index is 1.77. The number of hydrogen-bond acceptors (Lipinski definition) is 5. The zero-order valence-electron chi connectivity index (χ0n) is 17.3. The first-order valence-electron chi connectivity index (χ1n) is 10.4. The first-order valence-corrected chi connectivity index (χ1v) is 10.4. The molecular formula is C25H24N2O4. The lowest BCUT2D eigenvalue weighted by Crippen LogP contribution is -2.47. The second kappa shape index (κ2) is 7.96. The Bertz CT molecular complexity index is 1160. The molecule has 0 heterocycles. The summed E-state index contributed by atoms with van der Waals surface area (Å²) in [6, 6.07) is 9.32. The predicted molar refractivity (Wildman–Crippen MR) is 119 cm³/mol. The van der Waals surface area contributed by atoms with Gasteiger partial charge in [-0.05, 0) is 31.1 Å². The van der Waals surface area contributed by atoms with E-state index in [1.54, 1.807) is 30.3 Å². The Hall–Kier alpha value is -3.51. The van der Waals surface area contributed by atoms with Crippen LogP contribution in [0.1, 0.15) is 74.8 Å². The highest BCUT2D eigenvalue weighted by Gasteiger charge is 2.36. The van der Waals surface area contributed by atoms with Gasteiger partial charge in [-0.2, -0.15) is 0 Å². The minimum Gasteiger partial charge on any atom is -0.478 e. The van der Waals surface area contributed by atoms with Gasteiger partial charge in [0.1, 0.15) is 5.66 Å². The second-order valence-electron chi connectivity index (χ2n) is 8.01. The van der Waals surface area contributed by atoms with Crippen molar-refractivity contribution in [3.63, 3.8) is 0 Å². The van der Waals surface area contributed by atoms with Crippen molar-refractivity contribution in [2.24, 2.45) is 5.73 Å². The van der Waals surface area contributed by atoms with Crippen molar-refractivity contribution < 1.29 is 19.5 Å². The van der Waals surface area contributed by atoms with Crippen molar-refractivity contribution in [1.29, 1.82) is 0 Å². The number of anilines is 1. The number of benzene rings is 2. The van der Waals surface area contributed by atoms with Crippen LogP contribution in [0.15, 0.2) is 60.2 Å². The molecule has 0 aromatic heterocycles. The lowest BCUT2D eigenvalue weighted by molar-refractivity contribution is 0.0697. The third-order valence-electron chi connectivity index (χ3n) is 5.80. The van der Waals surface area contributed by atoms with Crippen molar-refractivity contribution in [3.05, 3.63) is 88.0 Å². The van der Waals surface area contributed by atoms with E-state index in [1.807, 2.05) is 12.2 Å². The molecule has 31 heavy (non-hydrogen) atoms. The molecule has 2 aliphatic carbocycles. The summed E-state index contributed by atoms with van der Waals surface area (Å²) in [4.78, 5) is 38.3. The number of aromatic carboxylic acids is 1. The number of carbonyl (C=O) groups excluding carboxylic acids is 2. The maximum atomic E-state index is 13.3. The van der Waals surface area contributed by atoms with Crippen LogP contribution in [0.3, 0.4) is 0 Å². The summed E-state index contributed by atoms with van der Waals surface area (Å²) in [6.45, 7) is 2.13. The molecular weight excluding hydrogens is 392 g/mol. The van der Waals surface area contributed by atoms with Crippen molar-refractivity contribution in [2.45, 2.75) is 38.3 Å². The number of fused-ring (bicyclic) bond motifs is 2. The van der Waals surface area contributed by atoms with Crippen LogP contribution in [0.4, 0.5) is 5.69 Å². The van der Waals surface area contributed by atoms with Gasteiger partial charge in [0.25, 0.3) is 0 Å². The molecule has 4 rings (SSSR count). The van der Waals surface area contributed by atoms with Crippen molar-refractivity contribution >= 4 is 23.2 Å². The molecule has 0 radical (unpaired) electrons. The average Bonchev–Trinajstić information content (AvgIpc) is 2.76. The summed E-state index contributed by atoms with van der Waals surface area (Å²) in [5.41, 5.74) is 7.43. The number of carbonyl (C=O) groups is 3. The number of rotatable bonds is 6. The fourth-order valence-corrected chi connectivity index (χ4v) is 4.08. The van der Waals surface area contributed by atoms with E-state index < -0.39 is 17.4 Å². The minimum atomic E-state index is -1.20. The maximum Gasteiger partial charge on any atom is 0.337 e. The Morgan fingerprint density at radius 1 is 1.10 bits per heavy atom. The van der Waals surface area contributed by atoms with Crippen LogP contribution in [0, 0.1) is 0 Å². The quantitative estimate of drug-likeness (QED) is 0.517. The highest BCUT2D eigenvalue weighted by Crippen LogP contribution is 2.36. The number of carboxylic acid groups (broad SMARTS) is 1. The number of nitrogens with one attached hydrogen (secondary N) is 1. The summed E-state index contributed by atoms with van der Waals surface area (Å²) in [5.74, 6) is -1.90. The van der Waals surface area contributed by atoms with Crippen LogP contribution in [0.2, 0.25) is 0 Å². The molecule has 6 nitrogen and oxygen atoms in total. The summed E-state index contributed by atoms with van der Waals surface area (Å²) in [5, 5.41) is 12.8. The minimum absolute atomic E-state index is 0.0579. The van der Waals surface area contributed by atoms with Gasteiger partial charge in [-0.1, -0.05) is 55.3 Å². The first kappa shape index (κ1) is 20.8. The Morgan fingerprint density at radius 3 is 2.42 bits per heavy atom. The van der Waals surface area contributed by atoms with Crippen LogP contribution < -0.4 is 11.1 Å². The smallest absolute Gasteiger partial charge is 0.337 e. The number of carboxylic acids is 1. The zero-order valence-corrected chi connectivity index (χ0v) is 17.3. The van der Waals surface area contributed by atoms with Crippen LogP contribution in [0.25, 0.3) is 0 Å². The third kappa shape index (κ3) is 3.70. The van der Waals surface area contributed by atoms with Crippen LogP contribution in [0.5, 0.6) is 0 Å². The van der Waals surface area contributed by atoms with Gasteiger partial charge in [0.15, 0.2) is 11.6 Å². The number of allylic oxidation sites excluding steroid dienone is 2. The van der Waals surface area contributed by atoms with Gasteiger partial charge in [-0.15, -0.1) is 0 Å². The summed E-state index contributed by atoms with van der Waals surface area (Å²) in [6.07, 6.45) is 9.31. The molecule has 2 aromatic rings. The van der Waals surface area contributed by atoms with Gasteiger partial charge in [0, 0.05) is 23.1 Å².